The molecule has 22 heavy (non-hydrogen) atoms. The van der Waals surface area contributed by atoms with Crippen LogP contribution in [0.4, 0.5) is 0 Å². The van der Waals surface area contributed by atoms with Crippen molar-refractivity contribution in [2.75, 3.05) is 6.54 Å². The maximum atomic E-state index is 11.0. The Morgan fingerprint density at radius 1 is 1.36 bits per heavy atom. The number of carbonyl (C=O) groups excluding carboxylic acids is 1. The van der Waals surface area contributed by atoms with E-state index in [1.165, 1.54) is 13.1 Å². The normalized spacial score (nSPS) is 12.6. The van der Waals surface area contributed by atoms with Gasteiger partial charge in [0.15, 0.2) is 0 Å². The molecule has 3 N–H and O–H groups in total. The van der Waals surface area contributed by atoms with Gasteiger partial charge in [-0.3, -0.25) is 9.79 Å². The predicted octanol–water partition coefficient (Wildman–Crippen LogP) is 1.89. The molecule has 0 heterocycles. The molecule has 0 bridgehead atoms. The van der Waals surface area contributed by atoms with Crippen LogP contribution in [-0.2, 0) is 9.59 Å². The van der Waals surface area contributed by atoms with Crippen LogP contribution in [0.2, 0.25) is 0 Å². The topological polar surface area (TPSA) is 102 Å². The van der Waals surface area contributed by atoms with E-state index < -0.39 is 12.0 Å². The zero-order chi connectivity index (χ0) is 16.4. The molecule has 0 aliphatic rings. The Kier molecular flexibility index (Phi) is 7.56. The highest BCUT2D eigenvalue weighted by molar-refractivity contribution is 5.82. The molecule has 0 unspecified atom stereocenters. The van der Waals surface area contributed by atoms with Crippen molar-refractivity contribution in [1.82, 2.24) is 0 Å². The van der Waals surface area contributed by atoms with Gasteiger partial charge >= 0.3 is 11.9 Å². The van der Waals surface area contributed by atoms with Gasteiger partial charge in [-0.1, -0.05) is 18.2 Å². The average molecular weight is 304 g/mol. The van der Waals surface area contributed by atoms with Gasteiger partial charge in [-0.05, 0) is 43.2 Å². The second-order valence-electron chi connectivity index (χ2n) is 4.60. The third kappa shape index (κ3) is 6.81. The fourth-order valence-electron chi connectivity index (χ4n) is 1.69. The van der Waals surface area contributed by atoms with Crippen LogP contribution in [-0.4, -0.2) is 35.8 Å². The largest absolute Gasteiger partial charge is 0.480 e. The molecule has 0 aliphatic heterocycles. The molecule has 1 aromatic carbocycles. The van der Waals surface area contributed by atoms with E-state index in [2.05, 4.69) is 4.99 Å². The van der Waals surface area contributed by atoms with Crippen LogP contribution in [0.25, 0.3) is 6.08 Å². The smallest absolute Gasteiger partial charge is 0.328 e. The minimum Gasteiger partial charge on any atom is -0.480 e. The molecule has 0 radical (unpaired) electrons. The second kappa shape index (κ2) is 9.46. The summed E-state index contributed by atoms with van der Waals surface area (Å²) < 4.78 is 4.93. The van der Waals surface area contributed by atoms with Crippen molar-refractivity contribution >= 4 is 24.2 Å². The molecule has 0 spiro atoms. The molecule has 0 amide bonds. The van der Waals surface area contributed by atoms with Gasteiger partial charge in [-0.2, -0.15) is 0 Å². The van der Waals surface area contributed by atoms with Gasteiger partial charge in [0.05, 0.1) is 0 Å². The first-order chi connectivity index (χ1) is 10.5. The minimum absolute atomic E-state index is 0.368. The summed E-state index contributed by atoms with van der Waals surface area (Å²) in [5.41, 5.74) is 6.25. The molecule has 118 valence electrons. The minimum atomic E-state index is -0.955. The molecule has 1 aromatic rings. The molecule has 6 heteroatoms. The van der Waals surface area contributed by atoms with Crippen LogP contribution in [0.15, 0.2) is 35.3 Å². The Morgan fingerprint density at radius 3 is 2.59 bits per heavy atom. The van der Waals surface area contributed by atoms with Crippen LogP contribution in [0.3, 0.4) is 0 Å². The van der Waals surface area contributed by atoms with Gasteiger partial charge in [0, 0.05) is 13.1 Å². The van der Waals surface area contributed by atoms with Crippen molar-refractivity contribution in [3.63, 3.8) is 0 Å². The van der Waals surface area contributed by atoms with Crippen molar-refractivity contribution in [2.45, 2.75) is 25.8 Å². The number of carboxylic acids is 1. The number of carbonyl (C=O) groups is 2. The van der Waals surface area contributed by atoms with Crippen molar-refractivity contribution < 1.29 is 19.4 Å². The Balaban J connectivity index is 2.58. The van der Waals surface area contributed by atoms with E-state index in [-0.39, 0.29) is 5.97 Å². The monoisotopic (exact) mass is 304 g/mol. The summed E-state index contributed by atoms with van der Waals surface area (Å²) in [7, 11) is 0. The summed E-state index contributed by atoms with van der Waals surface area (Å²) in [6, 6.07) is 6.16. The first-order valence-corrected chi connectivity index (χ1v) is 6.94. The molecular formula is C16H20N2O4. The number of aliphatic imine (C=N–C) groups is 1. The average Bonchev–Trinajstić information content (AvgIpc) is 2.47. The highest BCUT2D eigenvalue weighted by atomic mass is 16.5. The molecule has 6 nitrogen and oxygen atoms in total. The Hall–Kier alpha value is -2.47. The Morgan fingerprint density at radius 2 is 2.05 bits per heavy atom. The van der Waals surface area contributed by atoms with E-state index in [1.807, 2.05) is 0 Å². The van der Waals surface area contributed by atoms with Crippen molar-refractivity contribution in [1.29, 1.82) is 0 Å². The SMILES string of the molecule is CC(=O)Oc1ccc(/C=C/C=N[C@@H](CCCN)C(=O)O)cc1. The number of hydrogen-bond acceptors (Lipinski definition) is 5. The quantitative estimate of drug-likeness (QED) is 0.434. The third-order valence-corrected chi connectivity index (χ3v) is 2.75. The highest BCUT2D eigenvalue weighted by Gasteiger charge is 2.13. The van der Waals surface area contributed by atoms with E-state index >= 15 is 0 Å². The molecule has 0 fully saturated rings. The number of rotatable bonds is 8. The summed E-state index contributed by atoms with van der Waals surface area (Å²) in [6.45, 7) is 1.79. The number of ether oxygens (including phenoxy) is 1. The Bertz CT molecular complexity index is 550. The standard InChI is InChI=1S/C16H20N2O4/c1-12(19)22-14-8-6-13(7-9-14)4-3-11-18-15(16(20)21)5-2-10-17/h3-4,6-9,11,15H,2,5,10,17H2,1H3,(H,20,21)/b4-3+,18-11?/t15-/m0/s1. The number of benzene rings is 1. The van der Waals surface area contributed by atoms with Crippen molar-refractivity contribution in [3.05, 3.63) is 35.9 Å². The van der Waals surface area contributed by atoms with Gasteiger partial charge in [-0.25, -0.2) is 4.79 Å². The van der Waals surface area contributed by atoms with Crippen LogP contribution in [0.5, 0.6) is 5.75 Å². The van der Waals surface area contributed by atoms with Crippen LogP contribution in [0, 0.1) is 0 Å². The lowest BCUT2D eigenvalue weighted by Crippen LogP contribution is -2.19. The number of hydrogen-bond donors (Lipinski definition) is 2. The van der Waals surface area contributed by atoms with E-state index in [4.69, 9.17) is 15.6 Å². The molecule has 1 atom stereocenters. The van der Waals surface area contributed by atoms with Gasteiger partial charge in [-0.15, -0.1) is 0 Å². The summed E-state index contributed by atoms with van der Waals surface area (Å²) in [5.74, 6) is -0.845. The summed E-state index contributed by atoms with van der Waals surface area (Å²) in [6.07, 6.45) is 5.96. The van der Waals surface area contributed by atoms with Crippen LogP contribution < -0.4 is 10.5 Å². The molecule has 0 saturated heterocycles. The number of nitrogens with zero attached hydrogens (tertiary/aromatic N) is 1. The first-order valence-electron chi connectivity index (χ1n) is 6.94. The van der Waals surface area contributed by atoms with E-state index in [0.29, 0.717) is 25.1 Å². The number of esters is 1. The van der Waals surface area contributed by atoms with Crippen molar-refractivity contribution in [3.8, 4) is 5.75 Å². The second-order valence-corrected chi connectivity index (χ2v) is 4.60. The predicted molar refractivity (Wildman–Crippen MR) is 85.0 cm³/mol. The highest BCUT2D eigenvalue weighted by Crippen LogP contribution is 2.13. The third-order valence-electron chi connectivity index (χ3n) is 2.75. The molecule has 0 aromatic heterocycles. The van der Waals surface area contributed by atoms with Crippen molar-refractivity contribution in [2.24, 2.45) is 10.7 Å². The summed E-state index contributed by atoms with van der Waals surface area (Å²) in [5, 5.41) is 9.00. The molecule has 1 rings (SSSR count). The molecular weight excluding hydrogens is 284 g/mol. The van der Waals surface area contributed by atoms with Gasteiger partial charge < -0.3 is 15.6 Å². The summed E-state index contributed by atoms with van der Waals surface area (Å²) in [4.78, 5) is 25.8. The van der Waals surface area contributed by atoms with E-state index in [0.717, 1.165) is 5.56 Å². The molecule has 0 saturated carbocycles. The Labute approximate surface area is 129 Å². The number of carboxylic acid groups (broad SMARTS) is 1. The number of allylic oxidation sites excluding steroid dienone is 1. The van der Waals surface area contributed by atoms with Crippen LogP contribution >= 0.6 is 0 Å². The molecule has 0 aliphatic carbocycles. The lowest BCUT2D eigenvalue weighted by Gasteiger charge is -2.04. The lowest BCUT2D eigenvalue weighted by molar-refractivity contribution is -0.138. The lowest BCUT2D eigenvalue weighted by atomic mass is 10.1. The first kappa shape index (κ1) is 17.6. The number of nitrogens with two attached hydrogens (primary N) is 1. The van der Waals surface area contributed by atoms with Gasteiger partial charge in [0.2, 0.25) is 0 Å². The fourth-order valence-corrected chi connectivity index (χ4v) is 1.69. The van der Waals surface area contributed by atoms with Gasteiger partial charge in [0.1, 0.15) is 11.8 Å². The summed E-state index contributed by atoms with van der Waals surface area (Å²) >= 11 is 0. The van der Waals surface area contributed by atoms with Crippen LogP contribution in [0.1, 0.15) is 25.3 Å². The number of aliphatic carboxylic acids is 1. The zero-order valence-electron chi connectivity index (χ0n) is 12.4. The van der Waals surface area contributed by atoms with E-state index in [1.54, 1.807) is 36.4 Å². The zero-order valence-corrected chi connectivity index (χ0v) is 12.4. The van der Waals surface area contributed by atoms with Gasteiger partial charge in [0.25, 0.3) is 0 Å². The van der Waals surface area contributed by atoms with E-state index in [9.17, 15) is 9.59 Å². The maximum absolute atomic E-state index is 11.0. The fraction of sp³-hybridized carbons (Fsp3) is 0.312. The maximum Gasteiger partial charge on any atom is 0.328 e.